The quantitative estimate of drug-likeness (QED) is 0.0196. The number of fused-ring (bicyclic) bond motifs is 7. The Bertz CT molecular complexity index is 5790. The molecule has 22 rings (SSSR count). The van der Waals surface area contributed by atoms with E-state index in [0.29, 0.717) is 143 Å². The first-order valence-corrected chi connectivity index (χ1v) is 67.3. The molecule has 24 nitrogen and oxygen atoms in total. The normalized spacial score (nSPS) is 27.1. The number of ether oxygens (including phenoxy) is 9. The molecule has 0 radical (unpaired) electrons. The number of para-hydroxylation sites is 1. The monoisotopic (exact) mass is 2140 g/mol. The first-order valence-electron chi connectivity index (χ1n) is 52.1. The molecule has 0 N–H and O–H groups in total. The number of rotatable bonds is 40. The van der Waals surface area contributed by atoms with E-state index in [-0.39, 0.29) is 12.2 Å². The topological polar surface area (TPSA) is 311 Å². The minimum absolute atomic E-state index is 0.106. The third-order valence-electron chi connectivity index (χ3n) is 29.2. The molecule has 4 saturated carbocycles. The van der Waals surface area contributed by atoms with Crippen LogP contribution in [0.4, 0.5) is 0 Å². The van der Waals surface area contributed by atoms with E-state index >= 15 is 0 Å². The van der Waals surface area contributed by atoms with E-state index in [2.05, 4.69) is 6.07 Å². The van der Waals surface area contributed by atoms with Gasteiger partial charge in [0.1, 0.15) is 33.3 Å². The zero-order valence-corrected chi connectivity index (χ0v) is 92.5. The van der Waals surface area contributed by atoms with Crippen LogP contribution in [0.15, 0.2) is 273 Å². The Morgan fingerprint density at radius 1 is 0.379 bits per heavy atom. The van der Waals surface area contributed by atoms with Gasteiger partial charge in [-0.05, 0) is 189 Å². The largest absolute Gasteiger partial charge is 0.439 e. The molecule has 9 aliphatic heterocycles. The molecule has 8 saturated heterocycles. The van der Waals surface area contributed by atoms with E-state index in [9.17, 15) is 36.5 Å². The van der Waals surface area contributed by atoms with Crippen molar-refractivity contribution in [3.63, 3.8) is 0 Å². The summed E-state index contributed by atoms with van der Waals surface area (Å²) in [6, 6.07) is 84.6. The lowest BCUT2D eigenvalue weighted by Crippen LogP contribution is -2.22. The maximum absolute atomic E-state index is 13.9. The Morgan fingerprint density at radius 3 is 1.12 bits per heavy atom. The average Bonchev–Trinajstić information content (AvgIpc) is 1.49. The molecule has 0 spiro atoms. The van der Waals surface area contributed by atoms with Crippen LogP contribution in [0, 0.1) is 23.7 Å². The Balaban J connectivity index is 0.000000126. The molecule has 0 aromatic heterocycles. The lowest BCUT2D eigenvalue weighted by Gasteiger charge is -2.30. The molecule has 19 atom stereocenters. The van der Waals surface area contributed by atoms with Crippen molar-refractivity contribution >= 4 is 95.9 Å². The van der Waals surface area contributed by atoms with Crippen molar-refractivity contribution in [1.82, 2.24) is 0 Å². The SMILES string of the molecule is CCOP(=O)(/C=C/C1CO1)OCC.CCOP(C)(=O)CCC1CCC2OC2C1.COP(=O)(OC)C1(c2ccccc2)CO1.COP(C)(=O)CCC1CCC2OC2C1.O=P(CCC1CCC2OC2C1)(c1ccccc1)c1ccccc1.O=P(CCC1CO1)(c1ccccc1)c1ccccc1.O=P(CCCOCC1CO1)(c1ccccc1)c1ccccc1.O=P1(CCC2CCC3OC3C2)Oc2ccccc2-c2ccccc21. The van der Waals surface area contributed by atoms with Gasteiger partial charge in [-0.1, -0.05) is 249 Å². The lowest BCUT2D eigenvalue weighted by molar-refractivity contribution is 0.117. The van der Waals surface area contributed by atoms with Gasteiger partial charge < -0.3 is 88.0 Å². The summed E-state index contributed by atoms with van der Waals surface area (Å²) >= 11 is 0. The first kappa shape index (κ1) is 113. The summed E-state index contributed by atoms with van der Waals surface area (Å²) in [6.45, 7) is 14.3. The van der Waals surface area contributed by atoms with Gasteiger partial charge in [0.25, 0.3) is 7.37 Å². The minimum atomic E-state index is -3.22. The van der Waals surface area contributed by atoms with Crippen LogP contribution in [0.2, 0.25) is 0 Å². The Labute approximate surface area is 859 Å². The second-order valence-corrected chi connectivity index (χ2v) is 61.0. The fourth-order valence-corrected chi connectivity index (χ4v) is 36.4. The van der Waals surface area contributed by atoms with Gasteiger partial charge >= 0.3 is 15.2 Å². The van der Waals surface area contributed by atoms with Crippen molar-refractivity contribution in [2.45, 2.75) is 209 Å². The summed E-state index contributed by atoms with van der Waals surface area (Å²) < 4.78 is 187. The summed E-state index contributed by atoms with van der Waals surface area (Å²) in [5, 5.41) is 5.71. The van der Waals surface area contributed by atoms with Crippen LogP contribution < -0.4 is 41.7 Å². The van der Waals surface area contributed by atoms with Gasteiger partial charge in [-0.3, -0.25) is 22.8 Å². The second-order valence-electron chi connectivity index (χ2n) is 39.7. The molecular weight excluding hydrogens is 1990 g/mol. The van der Waals surface area contributed by atoms with Crippen LogP contribution in [0.25, 0.3) is 11.1 Å². The van der Waals surface area contributed by atoms with Crippen molar-refractivity contribution in [3.8, 4) is 16.9 Å². The highest BCUT2D eigenvalue weighted by atomic mass is 31.2. The standard InChI is InChI=1S/C20H21O3P.C20H23O2P.C18H21O3P.C16H17O2P.C11H21O3P.C10H13O4P.C10H19O3P.C8H15O4P/c21-24(12-11-14-9-10-18-19(13-14)22-18)20-8-4-2-6-16(20)15-5-1-3-7-17(15)23-24;21-23(17-7-3-1-4-8-17,18-9-5-2-6-10-18)14-13-16-11-12-19-20(15-16)22-19;19-22(17-8-3-1-4-9-17,18-10-5-2-6-11-18)13-7-12-20-14-16-15-21-16;17-19(12-11-14-13-18-14,15-7-3-1-4-8-15)16-9-5-2-6-10-16;1-3-13-15(2,12)7-6-9-4-5-10-11(8-9)14-10;1-12-15(11,13-2)10(8-14-10)9-6-4-3-5-7-9;1-12-14(2,11)6-5-8-3-4-9-10(7-8)13-9;1-3-11-13(9,12-4-2)6-5-8-7-10-8/h1-8,14,18-19H,9-13H2;1-10,16,19-20H,11-15H2;1-6,8-11,16H,7,12-15H2;1-10,14H,11-13H2;9-11H,3-8H2,1-2H3;3-7H,8H2,1-2H3;8-10H,3-7H2,1-2H3;5-6,8H,3-4,7H2,1-2H3/b;;;;;;;6-5+. The second kappa shape index (κ2) is 53.4. The number of hydrogen-bond donors (Lipinski definition) is 0. The van der Waals surface area contributed by atoms with Crippen LogP contribution >= 0.6 is 58.7 Å². The molecule has 9 heterocycles. The molecule has 0 amide bonds. The van der Waals surface area contributed by atoms with E-state index in [1.165, 1.54) is 84.2 Å². The lowest BCUT2D eigenvalue weighted by atomic mass is 9.88. The van der Waals surface area contributed by atoms with Crippen molar-refractivity contribution in [3.05, 3.63) is 278 Å². The summed E-state index contributed by atoms with van der Waals surface area (Å²) in [6.07, 6.45) is 30.9. The highest BCUT2D eigenvalue weighted by Crippen LogP contribution is 2.71. The maximum Gasteiger partial charge on any atom is 0.368 e. The molecule has 0 bridgehead atoms. The van der Waals surface area contributed by atoms with Gasteiger partial charge in [-0.25, -0.2) is 0 Å². The molecule has 145 heavy (non-hydrogen) atoms. The molecular formula is C113H150O24P8. The van der Waals surface area contributed by atoms with Gasteiger partial charge in [0.2, 0.25) is 5.34 Å². The van der Waals surface area contributed by atoms with E-state index in [4.69, 9.17) is 74.3 Å². The number of hydrogen-bond acceptors (Lipinski definition) is 24. The van der Waals surface area contributed by atoms with Crippen LogP contribution in [0.5, 0.6) is 5.75 Å². The zero-order valence-electron chi connectivity index (χ0n) is 85.4. The third kappa shape index (κ3) is 32.9. The number of benzene rings is 9. The first-order chi connectivity index (χ1) is 70.2. The van der Waals surface area contributed by atoms with Crippen molar-refractivity contribution in [2.75, 3.05) is 131 Å². The highest BCUT2D eigenvalue weighted by Gasteiger charge is 2.63. The molecule has 19 unspecified atom stereocenters. The highest BCUT2D eigenvalue weighted by molar-refractivity contribution is 7.79. The fourth-order valence-electron chi connectivity index (χ4n) is 20.2. The van der Waals surface area contributed by atoms with Crippen molar-refractivity contribution in [1.29, 1.82) is 0 Å². The van der Waals surface area contributed by atoms with Crippen LogP contribution in [0.3, 0.4) is 0 Å². The van der Waals surface area contributed by atoms with Gasteiger partial charge in [-0.2, -0.15) is 0 Å². The van der Waals surface area contributed by atoms with Gasteiger partial charge in [0.05, 0.1) is 119 Å². The van der Waals surface area contributed by atoms with Crippen LogP contribution in [-0.4, -0.2) is 198 Å². The van der Waals surface area contributed by atoms with Gasteiger partial charge in [0, 0.05) is 121 Å². The zero-order chi connectivity index (χ0) is 102. The Morgan fingerprint density at radius 2 is 0.738 bits per heavy atom. The maximum atomic E-state index is 13.9. The molecule has 32 heteroatoms. The molecule has 786 valence electrons. The van der Waals surface area contributed by atoms with E-state index in [1.54, 1.807) is 40.4 Å². The Hall–Kier alpha value is -6.24. The van der Waals surface area contributed by atoms with E-state index in [1.807, 2.05) is 262 Å². The van der Waals surface area contributed by atoms with Crippen molar-refractivity contribution in [2.24, 2.45) is 23.7 Å². The van der Waals surface area contributed by atoms with Gasteiger partial charge in [-0.15, -0.1) is 0 Å². The smallest absolute Gasteiger partial charge is 0.368 e. The average molecular weight is 2140 g/mol. The van der Waals surface area contributed by atoms with Crippen LogP contribution in [0.1, 0.15) is 142 Å². The predicted octanol–water partition coefficient (Wildman–Crippen LogP) is 24.1. The Kier molecular flexibility index (Phi) is 41.5. The molecule has 9 aromatic carbocycles. The van der Waals surface area contributed by atoms with Crippen LogP contribution in [-0.2, 0) is 112 Å². The summed E-state index contributed by atoms with van der Waals surface area (Å²) in [4.78, 5) is 0. The third-order valence-corrected chi connectivity index (χ3v) is 49.0. The number of epoxide rings is 8. The van der Waals surface area contributed by atoms with E-state index in [0.717, 1.165) is 143 Å². The van der Waals surface area contributed by atoms with Gasteiger partial charge in [0.15, 0.2) is 14.7 Å². The van der Waals surface area contributed by atoms with E-state index < -0.39 is 64.1 Å². The molecule has 9 aromatic rings. The molecule has 4 aliphatic carbocycles. The summed E-state index contributed by atoms with van der Waals surface area (Å²) in [5.74, 6) is 4.95. The minimum Gasteiger partial charge on any atom is -0.439 e. The fraction of sp³-hybridized carbons (Fsp3) is 0.504. The molecule has 12 fully saturated rings. The summed E-state index contributed by atoms with van der Waals surface area (Å²) in [7, 11) is -17.0. The molecule has 13 aliphatic rings. The van der Waals surface area contributed by atoms with Crippen molar-refractivity contribution < 1.29 is 111 Å². The predicted molar refractivity (Wildman–Crippen MR) is 581 cm³/mol. The summed E-state index contributed by atoms with van der Waals surface area (Å²) in [5.41, 5.74) is 2.94.